The van der Waals surface area contributed by atoms with Gasteiger partial charge in [0.1, 0.15) is 29.4 Å². The smallest absolute Gasteiger partial charge is 0.283 e. The number of hydrogen-bond acceptors (Lipinski definition) is 6. The number of aromatic nitrogens is 1. The van der Waals surface area contributed by atoms with Crippen molar-refractivity contribution in [3.8, 4) is 5.75 Å². The minimum Gasteiger partial charge on any atom is -0.493 e. The number of aliphatic imine (C=N–C) groups is 1. The molecular formula is C21H20FN3O3. The number of fused-ring (bicyclic) bond motifs is 3. The van der Waals surface area contributed by atoms with Gasteiger partial charge in [0.25, 0.3) is 6.02 Å². The van der Waals surface area contributed by atoms with Gasteiger partial charge in [-0.3, -0.25) is 4.79 Å². The first-order chi connectivity index (χ1) is 13.4. The normalized spacial score (nSPS) is 23.7. The maximum Gasteiger partial charge on any atom is 0.283 e. The van der Waals surface area contributed by atoms with Crippen LogP contribution in [0.3, 0.4) is 0 Å². The van der Waals surface area contributed by atoms with Crippen LogP contribution in [-0.4, -0.2) is 30.0 Å². The highest BCUT2D eigenvalue weighted by Crippen LogP contribution is 2.65. The van der Waals surface area contributed by atoms with Crippen LogP contribution in [0, 0.1) is 18.2 Å². The maximum atomic E-state index is 13.3. The second-order valence-corrected chi connectivity index (χ2v) is 7.92. The minimum atomic E-state index is -0.548. The molecule has 2 spiro atoms. The largest absolute Gasteiger partial charge is 0.493 e. The van der Waals surface area contributed by atoms with E-state index in [-0.39, 0.29) is 29.3 Å². The van der Waals surface area contributed by atoms with E-state index in [0.717, 1.165) is 35.9 Å². The molecule has 144 valence electrons. The number of nitrogens with two attached hydrogens (primary N) is 1. The monoisotopic (exact) mass is 381 g/mol. The molecule has 7 heteroatoms. The van der Waals surface area contributed by atoms with Gasteiger partial charge >= 0.3 is 0 Å². The first kappa shape index (κ1) is 17.2. The van der Waals surface area contributed by atoms with Gasteiger partial charge in [0.2, 0.25) is 0 Å². The second kappa shape index (κ2) is 5.77. The van der Waals surface area contributed by atoms with E-state index in [1.54, 1.807) is 6.92 Å². The van der Waals surface area contributed by atoms with Crippen molar-refractivity contribution in [2.75, 3.05) is 13.2 Å². The van der Waals surface area contributed by atoms with Crippen LogP contribution in [0.4, 0.5) is 4.39 Å². The van der Waals surface area contributed by atoms with Crippen molar-refractivity contribution >= 4 is 11.8 Å². The molecule has 1 aromatic carbocycles. The highest BCUT2D eigenvalue weighted by molar-refractivity contribution is 5.97. The molecule has 2 N–H and O–H groups in total. The van der Waals surface area contributed by atoms with E-state index in [4.69, 9.17) is 20.2 Å². The summed E-state index contributed by atoms with van der Waals surface area (Å²) in [5.74, 6) is 0.148. The van der Waals surface area contributed by atoms with Gasteiger partial charge < -0.3 is 15.2 Å². The number of rotatable bonds is 3. The van der Waals surface area contributed by atoms with Crippen LogP contribution in [0.2, 0.25) is 0 Å². The quantitative estimate of drug-likeness (QED) is 0.826. The third kappa shape index (κ3) is 2.42. The van der Waals surface area contributed by atoms with E-state index in [9.17, 15) is 9.18 Å². The number of pyridine rings is 1. The molecule has 1 unspecified atom stereocenters. The van der Waals surface area contributed by atoms with Gasteiger partial charge in [-0.2, -0.15) is 0 Å². The molecule has 1 saturated carbocycles. The number of Topliss-reactive ketones (excluding diaryl/α,β-unsaturated/α-hetero) is 1. The number of carbonyl (C=O) groups excluding carboxylic acids is 1. The average Bonchev–Trinajstić information content (AvgIpc) is 3.34. The lowest BCUT2D eigenvalue weighted by molar-refractivity contribution is 0.0869. The highest BCUT2D eigenvalue weighted by atomic mass is 19.1. The van der Waals surface area contributed by atoms with Crippen molar-refractivity contribution in [3.05, 3.63) is 58.7 Å². The zero-order chi connectivity index (χ0) is 19.5. The number of aryl methyl sites for hydroxylation is 1. The summed E-state index contributed by atoms with van der Waals surface area (Å²) in [5.41, 5.74) is 7.80. The Labute approximate surface area is 161 Å². The molecule has 3 aliphatic rings. The lowest BCUT2D eigenvalue weighted by atomic mass is 9.74. The summed E-state index contributed by atoms with van der Waals surface area (Å²) in [7, 11) is 0. The third-order valence-electron chi connectivity index (χ3n) is 6.13. The molecule has 1 aliphatic carbocycles. The van der Waals surface area contributed by atoms with Crippen molar-refractivity contribution in [1.82, 2.24) is 4.98 Å². The average molecular weight is 381 g/mol. The summed E-state index contributed by atoms with van der Waals surface area (Å²) in [5, 5.41) is 0. The Bertz CT molecular complexity index is 1030. The number of nitrogens with zero attached hydrogens (tertiary/aromatic N) is 2. The summed E-state index contributed by atoms with van der Waals surface area (Å²) >= 11 is 0. The van der Waals surface area contributed by atoms with Crippen LogP contribution in [0.15, 0.2) is 35.5 Å². The van der Waals surface area contributed by atoms with Crippen molar-refractivity contribution < 1.29 is 18.7 Å². The zero-order valence-electron chi connectivity index (χ0n) is 15.5. The van der Waals surface area contributed by atoms with Crippen molar-refractivity contribution in [1.29, 1.82) is 0 Å². The zero-order valence-corrected chi connectivity index (χ0v) is 15.5. The fourth-order valence-corrected chi connectivity index (χ4v) is 4.41. The Morgan fingerprint density at radius 3 is 2.75 bits per heavy atom. The van der Waals surface area contributed by atoms with Gasteiger partial charge in [0.15, 0.2) is 5.78 Å². The fraction of sp³-hybridized carbons (Fsp3) is 0.381. The Kier molecular flexibility index (Phi) is 3.53. The number of ether oxygens (including phenoxy) is 2. The third-order valence-corrected chi connectivity index (χ3v) is 6.13. The molecule has 1 fully saturated rings. The van der Waals surface area contributed by atoms with E-state index in [0.29, 0.717) is 18.8 Å². The molecule has 0 amide bonds. The molecule has 0 radical (unpaired) electrons. The molecule has 28 heavy (non-hydrogen) atoms. The molecule has 2 aliphatic heterocycles. The number of halogens is 1. The van der Waals surface area contributed by atoms with E-state index in [1.165, 1.54) is 6.07 Å². The van der Waals surface area contributed by atoms with Crippen molar-refractivity contribution in [2.45, 2.75) is 31.7 Å². The van der Waals surface area contributed by atoms with Gasteiger partial charge in [-0.15, -0.1) is 0 Å². The summed E-state index contributed by atoms with van der Waals surface area (Å²) < 4.78 is 24.8. The molecule has 2 aromatic rings. The van der Waals surface area contributed by atoms with Crippen molar-refractivity contribution in [2.24, 2.45) is 16.1 Å². The Balaban J connectivity index is 1.51. The summed E-state index contributed by atoms with van der Waals surface area (Å²) in [4.78, 5) is 21.4. The standard InChI is InChI=1S/C21H20FN3O3/c1-12-6-14(22)9-24-18(12)16(26)8-13-2-3-17-15(7-13)21(11-28-19(23)25-21)20(4-5-20)10-27-17/h2-3,6-7,9H,4-5,8,10-11H2,1H3,(H2,23,25). The Morgan fingerprint density at radius 1 is 1.25 bits per heavy atom. The molecular weight excluding hydrogens is 361 g/mol. The predicted molar refractivity (Wildman–Crippen MR) is 99.8 cm³/mol. The SMILES string of the molecule is Cc1cc(F)cnc1C(=O)Cc1ccc2c(c1)C1(COC(N)=N1)C1(CC1)CO2. The van der Waals surface area contributed by atoms with E-state index in [2.05, 4.69) is 4.98 Å². The lowest BCUT2D eigenvalue weighted by Crippen LogP contribution is -2.44. The summed E-state index contributed by atoms with van der Waals surface area (Å²) in [6.07, 6.45) is 3.25. The predicted octanol–water partition coefficient (Wildman–Crippen LogP) is 2.67. The van der Waals surface area contributed by atoms with Gasteiger partial charge in [0, 0.05) is 17.4 Å². The fourth-order valence-electron chi connectivity index (χ4n) is 4.41. The molecule has 0 saturated heterocycles. The summed E-state index contributed by atoms with van der Waals surface area (Å²) in [6.45, 7) is 2.67. The van der Waals surface area contributed by atoms with Gasteiger partial charge in [0.05, 0.1) is 12.8 Å². The second-order valence-electron chi connectivity index (χ2n) is 7.92. The van der Waals surface area contributed by atoms with Crippen LogP contribution in [-0.2, 0) is 16.7 Å². The molecule has 1 aromatic heterocycles. The topological polar surface area (TPSA) is 86.8 Å². The van der Waals surface area contributed by atoms with Crippen LogP contribution in [0.1, 0.15) is 40.0 Å². The number of hydrogen-bond donors (Lipinski definition) is 1. The molecule has 6 nitrogen and oxygen atoms in total. The molecule has 0 bridgehead atoms. The van der Waals surface area contributed by atoms with E-state index >= 15 is 0 Å². The minimum absolute atomic E-state index is 0.0845. The molecule has 3 heterocycles. The van der Waals surface area contributed by atoms with E-state index < -0.39 is 11.4 Å². The van der Waals surface area contributed by atoms with Crippen molar-refractivity contribution in [3.63, 3.8) is 0 Å². The Hall–Kier alpha value is -2.96. The number of amidine groups is 1. The van der Waals surface area contributed by atoms with Gasteiger partial charge in [-0.1, -0.05) is 6.07 Å². The van der Waals surface area contributed by atoms with Crippen LogP contribution < -0.4 is 10.5 Å². The number of carbonyl (C=O) groups is 1. The van der Waals surface area contributed by atoms with Gasteiger partial charge in [-0.05, 0) is 49.1 Å². The number of benzene rings is 1. The van der Waals surface area contributed by atoms with Gasteiger partial charge in [-0.25, -0.2) is 14.4 Å². The Morgan fingerprint density at radius 2 is 2.07 bits per heavy atom. The van der Waals surface area contributed by atoms with Crippen LogP contribution in [0.25, 0.3) is 0 Å². The highest BCUT2D eigenvalue weighted by Gasteiger charge is 2.66. The summed E-state index contributed by atoms with van der Waals surface area (Å²) in [6, 6.07) is 7.24. The van der Waals surface area contributed by atoms with E-state index in [1.807, 2.05) is 18.2 Å². The lowest BCUT2D eigenvalue weighted by Gasteiger charge is -2.39. The molecule has 5 rings (SSSR count). The molecule has 1 atom stereocenters. The first-order valence-electron chi connectivity index (χ1n) is 9.32. The number of ketones is 1. The maximum absolute atomic E-state index is 13.3. The van der Waals surface area contributed by atoms with Crippen LogP contribution in [0.5, 0.6) is 5.75 Å². The van der Waals surface area contributed by atoms with Crippen LogP contribution >= 0.6 is 0 Å². The first-order valence-corrected chi connectivity index (χ1v) is 9.32.